The van der Waals surface area contributed by atoms with Crippen LogP contribution in [0.25, 0.3) is 11.3 Å². The van der Waals surface area contributed by atoms with E-state index >= 15 is 0 Å². The van der Waals surface area contributed by atoms with Crippen LogP contribution >= 0.6 is 0 Å². The van der Waals surface area contributed by atoms with E-state index in [4.69, 9.17) is 4.52 Å². The highest BCUT2D eigenvalue weighted by atomic mass is 16.5. The largest absolute Gasteiger partial charge is 0.356 e. The zero-order chi connectivity index (χ0) is 14.8. The van der Waals surface area contributed by atoms with E-state index < -0.39 is 0 Å². The molecule has 1 aromatic carbocycles. The second-order valence-electron chi connectivity index (χ2n) is 5.57. The van der Waals surface area contributed by atoms with Gasteiger partial charge in [-0.05, 0) is 6.92 Å². The van der Waals surface area contributed by atoms with E-state index in [1.165, 1.54) is 0 Å². The van der Waals surface area contributed by atoms with E-state index in [-0.39, 0.29) is 11.9 Å². The van der Waals surface area contributed by atoms with Gasteiger partial charge in [0.15, 0.2) is 5.76 Å². The molecular weight excluding hydrogens is 266 g/mol. The van der Waals surface area contributed by atoms with Crippen molar-refractivity contribution in [2.75, 3.05) is 20.1 Å². The Morgan fingerprint density at radius 3 is 2.81 bits per heavy atom. The van der Waals surface area contributed by atoms with Gasteiger partial charge in [0.2, 0.25) is 5.91 Å². The van der Waals surface area contributed by atoms with Crippen molar-refractivity contribution in [1.29, 1.82) is 0 Å². The van der Waals surface area contributed by atoms with Crippen LogP contribution in [0.4, 0.5) is 0 Å². The molecule has 5 heteroatoms. The second-order valence-corrected chi connectivity index (χ2v) is 5.57. The molecule has 0 spiro atoms. The molecule has 0 N–H and O–H groups in total. The molecule has 3 rings (SSSR count). The molecule has 0 radical (unpaired) electrons. The monoisotopic (exact) mass is 285 g/mol. The minimum absolute atomic E-state index is 0.153. The average Bonchev–Trinajstić information content (AvgIpc) is 2.94. The highest BCUT2D eigenvalue weighted by molar-refractivity contribution is 5.79. The summed E-state index contributed by atoms with van der Waals surface area (Å²) in [6.07, 6.45) is 0. The maximum Gasteiger partial charge on any atom is 0.236 e. The van der Waals surface area contributed by atoms with Crippen LogP contribution in [-0.4, -0.2) is 47.0 Å². The zero-order valence-electron chi connectivity index (χ0n) is 12.3. The maximum atomic E-state index is 11.9. The molecule has 1 aliphatic heterocycles. The fourth-order valence-corrected chi connectivity index (χ4v) is 2.58. The van der Waals surface area contributed by atoms with Crippen LogP contribution < -0.4 is 0 Å². The van der Waals surface area contributed by atoms with Gasteiger partial charge in [-0.3, -0.25) is 9.69 Å². The standard InChI is InChI=1S/C16H19N3O2/c1-12-9-19(11-16(20)18(12)2)10-14-8-15(21-17-14)13-6-4-3-5-7-13/h3-8,12H,9-11H2,1-2H3. The molecule has 1 atom stereocenters. The van der Waals surface area contributed by atoms with Crippen LogP contribution in [0.15, 0.2) is 40.9 Å². The van der Waals surface area contributed by atoms with Crippen molar-refractivity contribution in [2.24, 2.45) is 0 Å². The number of carbonyl (C=O) groups is 1. The minimum atomic E-state index is 0.153. The van der Waals surface area contributed by atoms with Crippen LogP contribution in [0.1, 0.15) is 12.6 Å². The fraction of sp³-hybridized carbons (Fsp3) is 0.375. The van der Waals surface area contributed by atoms with E-state index in [2.05, 4.69) is 17.0 Å². The van der Waals surface area contributed by atoms with Crippen molar-refractivity contribution in [1.82, 2.24) is 15.0 Å². The SMILES string of the molecule is CC1CN(Cc2cc(-c3ccccc3)on2)CC(=O)N1C. The summed E-state index contributed by atoms with van der Waals surface area (Å²) >= 11 is 0. The third-order valence-corrected chi connectivity index (χ3v) is 3.94. The van der Waals surface area contributed by atoms with Gasteiger partial charge in [0.25, 0.3) is 0 Å². The molecule has 1 fully saturated rings. The summed E-state index contributed by atoms with van der Waals surface area (Å²) < 4.78 is 5.40. The number of carbonyl (C=O) groups excluding carboxylic acids is 1. The van der Waals surface area contributed by atoms with Crippen molar-refractivity contribution in [3.05, 3.63) is 42.1 Å². The third-order valence-electron chi connectivity index (χ3n) is 3.94. The van der Waals surface area contributed by atoms with Crippen LogP contribution in [-0.2, 0) is 11.3 Å². The van der Waals surface area contributed by atoms with Crippen molar-refractivity contribution in [2.45, 2.75) is 19.5 Å². The lowest BCUT2D eigenvalue weighted by Crippen LogP contribution is -2.53. The van der Waals surface area contributed by atoms with Gasteiger partial charge in [-0.15, -0.1) is 0 Å². The molecule has 21 heavy (non-hydrogen) atoms. The number of aromatic nitrogens is 1. The van der Waals surface area contributed by atoms with Crippen molar-refractivity contribution < 1.29 is 9.32 Å². The van der Waals surface area contributed by atoms with Gasteiger partial charge < -0.3 is 9.42 Å². The summed E-state index contributed by atoms with van der Waals surface area (Å²) in [4.78, 5) is 15.8. The Kier molecular flexibility index (Phi) is 3.75. The molecule has 2 aromatic rings. The highest BCUT2D eigenvalue weighted by Gasteiger charge is 2.27. The Morgan fingerprint density at radius 1 is 1.33 bits per heavy atom. The number of rotatable bonds is 3. The molecule has 0 aliphatic carbocycles. The predicted octanol–water partition coefficient (Wildman–Crippen LogP) is 2.00. The van der Waals surface area contributed by atoms with Crippen LogP contribution in [0.2, 0.25) is 0 Å². The Hall–Kier alpha value is -2.14. The van der Waals surface area contributed by atoms with Crippen LogP contribution in [0, 0.1) is 0 Å². The molecule has 1 unspecified atom stereocenters. The molecule has 1 aliphatic rings. The Bertz CT molecular complexity index is 623. The molecule has 5 nitrogen and oxygen atoms in total. The fourth-order valence-electron chi connectivity index (χ4n) is 2.58. The van der Waals surface area contributed by atoms with E-state index in [1.807, 2.05) is 43.4 Å². The maximum absolute atomic E-state index is 11.9. The first-order valence-corrected chi connectivity index (χ1v) is 7.12. The number of nitrogens with zero attached hydrogens (tertiary/aromatic N) is 3. The van der Waals surface area contributed by atoms with Gasteiger partial charge in [0.1, 0.15) is 0 Å². The molecule has 110 valence electrons. The predicted molar refractivity (Wildman–Crippen MR) is 79.4 cm³/mol. The minimum Gasteiger partial charge on any atom is -0.356 e. The third kappa shape index (κ3) is 2.97. The van der Waals surface area contributed by atoms with Crippen LogP contribution in [0.5, 0.6) is 0 Å². The van der Waals surface area contributed by atoms with Gasteiger partial charge in [0, 0.05) is 37.8 Å². The normalized spacial score (nSPS) is 20.0. The van der Waals surface area contributed by atoms with Crippen molar-refractivity contribution in [3.8, 4) is 11.3 Å². The van der Waals surface area contributed by atoms with Gasteiger partial charge in [-0.2, -0.15) is 0 Å². The summed E-state index contributed by atoms with van der Waals surface area (Å²) in [7, 11) is 1.86. The molecule has 0 bridgehead atoms. The van der Waals surface area contributed by atoms with Gasteiger partial charge in [-0.1, -0.05) is 35.5 Å². The number of hydrogen-bond acceptors (Lipinski definition) is 4. The second kappa shape index (κ2) is 5.69. The zero-order valence-corrected chi connectivity index (χ0v) is 12.3. The number of amides is 1. The first kappa shape index (κ1) is 13.8. The summed E-state index contributed by atoms with van der Waals surface area (Å²) in [6, 6.07) is 12.1. The number of likely N-dealkylation sites (N-methyl/N-ethyl adjacent to an activating group) is 1. The molecule has 1 aromatic heterocycles. The Morgan fingerprint density at radius 2 is 2.10 bits per heavy atom. The lowest BCUT2D eigenvalue weighted by atomic mass is 10.1. The number of benzene rings is 1. The lowest BCUT2D eigenvalue weighted by molar-refractivity contribution is -0.137. The first-order chi connectivity index (χ1) is 10.1. The molecule has 2 heterocycles. The van der Waals surface area contributed by atoms with E-state index in [0.29, 0.717) is 13.1 Å². The Balaban J connectivity index is 1.69. The number of piperazine rings is 1. The van der Waals surface area contributed by atoms with Gasteiger partial charge in [0.05, 0.1) is 12.2 Å². The highest BCUT2D eigenvalue weighted by Crippen LogP contribution is 2.21. The van der Waals surface area contributed by atoms with E-state index in [9.17, 15) is 4.79 Å². The smallest absolute Gasteiger partial charge is 0.236 e. The first-order valence-electron chi connectivity index (χ1n) is 7.12. The quantitative estimate of drug-likeness (QED) is 0.865. The molecule has 0 saturated carbocycles. The topological polar surface area (TPSA) is 49.6 Å². The summed E-state index contributed by atoms with van der Waals surface area (Å²) in [5.74, 6) is 0.916. The summed E-state index contributed by atoms with van der Waals surface area (Å²) in [5.41, 5.74) is 1.87. The van der Waals surface area contributed by atoms with E-state index in [1.54, 1.807) is 4.90 Å². The van der Waals surface area contributed by atoms with Gasteiger partial charge >= 0.3 is 0 Å². The van der Waals surface area contributed by atoms with Crippen LogP contribution in [0.3, 0.4) is 0 Å². The van der Waals surface area contributed by atoms with E-state index in [0.717, 1.165) is 23.6 Å². The number of hydrogen-bond donors (Lipinski definition) is 0. The molecular formula is C16H19N3O2. The van der Waals surface area contributed by atoms with Crippen molar-refractivity contribution in [3.63, 3.8) is 0 Å². The lowest BCUT2D eigenvalue weighted by Gasteiger charge is -2.36. The summed E-state index contributed by atoms with van der Waals surface area (Å²) in [5, 5.41) is 4.11. The van der Waals surface area contributed by atoms with Crippen molar-refractivity contribution >= 4 is 5.91 Å². The average molecular weight is 285 g/mol. The summed E-state index contributed by atoms with van der Waals surface area (Å²) in [6.45, 7) is 3.99. The molecule has 1 saturated heterocycles. The Labute approximate surface area is 124 Å². The van der Waals surface area contributed by atoms with Gasteiger partial charge in [-0.25, -0.2) is 0 Å². The molecule has 1 amide bonds.